The molecule has 8 heteroatoms. The van der Waals surface area contributed by atoms with Crippen LogP contribution in [0.2, 0.25) is 0 Å². The molecule has 0 radical (unpaired) electrons. The van der Waals surface area contributed by atoms with Gasteiger partial charge in [0.2, 0.25) is 5.75 Å². The van der Waals surface area contributed by atoms with E-state index in [2.05, 4.69) is 0 Å². The molecule has 3 aromatic rings. The highest BCUT2D eigenvalue weighted by molar-refractivity contribution is 6.05. The second kappa shape index (κ2) is 10.6. The van der Waals surface area contributed by atoms with Gasteiger partial charge in [0.25, 0.3) is 5.91 Å². The van der Waals surface area contributed by atoms with Crippen molar-refractivity contribution < 1.29 is 23.7 Å². The molecule has 36 heavy (non-hydrogen) atoms. The van der Waals surface area contributed by atoms with E-state index >= 15 is 0 Å². The Labute approximate surface area is 211 Å². The van der Waals surface area contributed by atoms with E-state index in [4.69, 9.17) is 24.0 Å². The van der Waals surface area contributed by atoms with Gasteiger partial charge in [-0.3, -0.25) is 4.79 Å². The Morgan fingerprint density at radius 3 is 1.97 bits per heavy atom. The predicted molar refractivity (Wildman–Crippen MR) is 140 cm³/mol. The zero-order valence-electron chi connectivity index (χ0n) is 21.4. The van der Waals surface area contributed by atoms with Crippen LogP contribution >= 0.6 is 0 Å². The summed E-state index contributed by atoms with van der Waals surface area (Å²) >= 11 is 0. The summed E-state index contributed by atoms with van der Waals surface area (Å²) in [7, 11) is 10.2. The van der Waals surface area contributed by atoms with Crippen molar-refractivity contribution in [1.29, 1.82) is 0 Å². The van der Waals surface area contributed by atoms with E-state index in [-0.39, 0.29) is 11.9 Å². The second-order valence-corrected chi connectivity index (χ2v) is 8.54. The number of methoxy groups -OCH3 is 4. The molecule has 1 amide bonds. The SMILES string of the molecule is COc1ccc(C2=NN(C(=O)c3cc(OC)c(OC)c(OC)c3)C(c3ccc(N(C)C)cc3)C2)cc1. The normalized spacial score (nSPS) is 14.8. The van der Waals surface area contributed by atoms with E-state index in [0.29, 0.717) is 29.2 Å². The molecule has 1 unspecified atom stereocenters. The highest BCUT2D eigenvalue weighted by atomic mass is 16.5. The number of carbonyl (C=O) groups is 1. The molecule has 0 aliphatic carbocycles. The average Bonchev–Trinajstić information content (AvgIpc) is 3.37. The van der Waals surface area contributed by atoms with Crippen LogP contribution in [0.4, 0.5) is 5.69 Å². The molecule has 1 atom stereocenters. The Morgan fingerprint density at radius 1 is 0.861 bits per heavy atom. The molecular formula is C28H31N3O5. The number of hydrogen-bond acceptors (Lipinski definition) is 7. The highest BCUT2D eigenvalue weighted by Crippen LogP contribution is 2.40. The predicted octanol–water partition coefficient (Wildman–Crippen LogP) is 4.78. The van der Waals surface area contributed by atoms with Gasteiger partial charge in [-0.05, 0) is 59.7 Å². The Hall–Kier alpha value is -4.20. The molecule has 8 nitrogen and oxygen atoms in total. The third-order valence-electron chi connectivity index (χ3n) is 6.25. The Balaban J connectivity index is 1.76. The highest BCUT2D eigenvalue weighted by Gasteiger charge is 2.34. The zero-order valence-corrected chi connectivity index (χ0v) is 21.4. The molecule has 0 aromatic heterocycles. The minimum absolute atomic E-state index is 0.264. The van der Waals surface area contributed by atoms with Gasteiger partial charge in [-0.25, -0.2) is 5.01 Å². The first-order valence-electron chi connectivity index (χ1n) is 11.5. The number of hydrogen-bond donors (Lipinski definition) is 0. The van der Waals surface area contributed by atoms with Crippen LogP contribution in [0.3, 0.4) is 0 Å². The molecule has 1 heterocycles. The smallest absolute Gasteiger partial charge is 0.274 e. The minimum atomic E-state index is -0.273. The summed E-state index contributed by atoms with van der Waals surface area (Å²) in [6.45, 7) is 0. The number of carbonyl (C=O) groups excluding carboxylic acids is 1. The fraction of sp³-hybridized carbons (Fsp3) is 0.286. The lowest BCUT2D eigenvalue weighted by Crippen LogP contribution is -2.27. The molecule has 3 aromatic carbocycles. The van der Waals surface area contributed by atoms with E-state index < -0.39 is 0 Å². The van der Waals surface area contributed by atoms with Crippen LogP contribution in [0.15, 0.2) is 65.8 Å². The van der Waals surface area contributed by atoms with Crippen LogP contribution < -0.4 is 23.8 Å². The zero-order chi connectivity index (χ0) is 25.8. The van der Waals surface area contributed by atoms with Crippen molar-refractivity contribution in [3.8, 4) is 23.0 Å². The maximum atomic E-state index is 13.9. The van der Waals surface area contributed by atoms with Gasteiger partial charge < -0.3 is 23.8 Å². The molecular weight excluding hydrogens is 458 g/mol. The van der Waals surface area contributed by atoms with Crippen LogP contribution in [0.25, 0.3) is 0 Å². The first-order valence-corrected chi connectivity index (χ1v) is 11.5. The summed E-state index contributed by atoms with van der Waals surface area (Å²) in [6, 6.07) is 18.9. The van der Waals surface area contributed by atoms with Gasteiger partial charge in [-0.2, -0.15) is 5.10 Å². The minimum Gasteiger partial charge on any atom is -0.497 e. The summed E-state index contributed by atoms with van der Waals surface area (Å²) in [5.41, 5.74) is 4.22. The van der Waals surface area contributed by atoms with E-state index in [1.807, 2.05) is 67.5 Å². The fourth-order valence-corrected chi connectivity index (χ4v) is 4.25. The quantitative estimate of drug-likeness (QED) is 0.454. The van der Waals surface area contributed by atoms with Gasteiger partial charge >= 0.3 is 0 Å². The third-order valence-corrected chi connectivity index (χ3v) is 6.25. The van der Waals surface area contributed by atoms with Crippen molar-refractivity contribution in [3.63, 3.8) is 0 Å². The number of rotatable bonds is 8. The summed E-state index contributed by atoms with van der Waals surface area (Å²) in [6.07, 6.45) is 0.573. The topological polar surface area (TPSA) is 72.8 Å². The molecule has 0 spiro atoms. The molecule has 4 rings (SSSR count). The molecule has 0 N–H and O–H groups in total. The van der Waals surface area contributed by atoms with Gasteiger partial charge in [-0.1, -0.05) is 12.1 Å². The largest absolute Gasteiger partial charge is 0.497 e. The number of benzene rings is 3. The standard InChI is InChI=1S/C28H31N3O5/c1-30(2)21-11-7-19(8-12-21)24-17-23(18-9-13-22(33-3)14-10-18)29-31(24)28(32)20-15-25(34-4)27(36-6)26(16-20)35-5/h7-16,24H,17H2,1-6H3. The third kappa shape index (κ3) is 4.79. The molecule has 0 bridgehead atoms. The van der Waals surface area contributed by atoms with Gasteiger partial charge in [0, 0.05) is 31.8 Å². The monoisotopic (exact) mass is 489 g/mol. The Kier molecular flexibility index (Phi) is 7.33. The molecule has 0 fully saturated rings. The van der Waals surface area contributed by atoms with E-state index in [9.17, 15) is 4.79 Å². The van der Waals surface area contributed by atoms with Gasteiger partial charge in [-0.15, -0.1) is 0 Å². The Morgan fingerprint density at radius 2 is 1.47 bits per heavy atom. The van der Waals surface area contributed by atoms with Crippen molar-refractivity contribution >= 4 is 17.3 Å². The maximum Gasteiger partial charge on any atom is 0.274 e. The average molecular weight is 490 g/mol. The summed E-state index contributed by atoms with van der Waals surface area (Å²) in [5.74, 6) is 1.74. The number of amides is 1. The van der Waals surface area contributed by atoms with Crippen molar-refractivity contribution in [2.75, 3.05) is 47.4 Å². The lowest BCUT2D eigenvalue weighted by Gasteiger charge is -2.23. The van der Waals surface area contributed by atoms with Crippen molar-refractivity contribution in [3.05, 3.63) is 77.4 Å². The summed E-state index contributed by atoms with van der Waals surface area (Å²) in [5, 5.41) is 6.34. The first-order chi connectivity index (χ1) is 17.4. The lowest BCUT2D eigenvalue weighted by molar-refractivity contribution is 0.0710. The van der Waals surface area contributed by atoms with Gasteiger partial charge in [0.05, 0.1) is 40.2 Å². The van der Waals surface area contributed by atoms with Gasteiger partial charge in [0.1, 0.15) is 5.75 Å². The number of ether oxygens (including phenoxy) is 4. The molecule has 0 saturated carbocycles. The van der Waals surface area contributed by atoms with Crippen molar-refractivity contribution in [2.45, 2.75) is 12.5 Å². The second-order valence-electron chi connectivity index (χ2n) is 8.54. The lowest BCUT2D eigenvalue weighted by atomic mass is 9.97. The number of hydrazone groups is 1. The van der Waals surface area contributed by atoms with E-state index in [1.54, 1.807) is 24.3 Å². The summed E-state index contributed by atoms with van der Waals surface area (Å²) < 4.78 is 21.6. The molecule has 0 saturated heterocycles. The van der Waals surface area contributed by atoms with Crippen molar-refractivity contribution in [1.82, 2.24) is 5.01 Å². The summed E-state index contributed by atoms with van der Waals surface area (Å²) in [4.78, 5) is 15.9. The number of nitrogens with zero attached hydrogens (tertiary/aromatic N) is 3. The fourth-order valence-electron chi connectivity index (χ4n) is 4.25. The van der Waals surface area contributed by atoms with Crippen LogP contribution in [0.5, 0.6) is 23.0 Å². The van der Waals surface area contributed by atoms with E-state index in [0.717, 1.165) is 28.3 Å². The van der Waals surface area contributed by atoms with E-state index in [1.165, 1.54) is 21.3 Å². The first kappa shape index (κ1) is 24.9. The molecule has 1 aliphatic heterocycles. The molecule has 188 valence electrons. The maximum absolute atomic E-state index is 13.9. The van der Waals surface area contributed by atoms with Crippen LogP contribution in [-0.4, -0.2) is 59.2 Å². The number of anilines is 1. The Bertz CT molecular complexity index is 1230. The van der Waals surface area contributed by atoms with Gasteiger partial charge in [0.15, 0.2) is 11.5 Å². The van der Waals surface area contributed by atoms with Crippen molar-refractivity contribution in [2.24, 2.45) is 5.10 Å². The molecule has 1 aliphatic rings. The van der Waals surface area contributed by atoms with Crippen LogP contribution in [0.1, 0.15) is 33.9 Å². The van der Waals surface area contributed by atoms with Crippen LogP contribution in [0, 0.1) is 0 Å². The van der Waals surface area contributed by atoms with Crippen LogP contribution in [-0.2, 0) is 0 Å².